The Morgan fingerprint density at radius 2 is 1.93 bits per heavy atom. The van der Waals surface area contributed by atoms with Gasteiger partial charge in [-0.25, -0.2) is 0 Å². The highest BCUT2D eigenvalue weighted by molar-refractivity contribution is 8.15. The van der Waals surface area contributed by atoms with Gasteiger partial charge in [0.25, 0.3) is 5.24 Å². The number of phenolic OH excluding ortho intramolecular Hbond substituents is 1. The van der Waals surface area contributed by atoms with Gasteiger partial charge in [-0.15, -0.1) is 0 Å². The summed E-state index contributed by atoms with van der Waals surface area (Å²) < 4.78 is 11.9. The van der Waals surface area contributed by atoms with Crippen molar-refractivity contribution in [1.29, 1.82) is 0 Å². The number of fused-ring (bicyclic) bond motifs is 1. The number of Topliss-reactive ketones (excluding diaryl/α,β-unsaturated/α-hetero) is 1. The van der Waals surface area contributed by atoms with Crippen molar-refractivity contribution in [2.45, 2.75) is 37.5 Å². The quantitative estimate of drug-likeness (QED) is 0.754. The highest BCUT2D eigenvalue weighted by Crippen LogP contribution is 2.39. The number of thioether (sulfide) groups is 1. The van der Waals surface area contributed by atoms with Crippen molar-refractivity contribution in [2.24, 2.45) is 0 Å². The van der Waals surface area contributed by atoms with Gasteiger partial charge in [0, 0.05) is 5.56 Å². The molecular formula is C22H21NO6S. The number of rotatable bonds is 5. The molecule has 0 saturated carbocycles. The van der Waals surface area contributed by atoms with Gasteiger partial charge in [-0.2, -0.15) is 0 Å². The molecule has 156 valence electrons. The Morgan fingerprint density at radius 3 is 2.60 bits per heavy atom. The van der Waals surface area contributed by atoms with E-state index in [1.807, 2.05) is 12.1 Å². The van der Waals surface area contributed by atoms with Crippen LogP contribution in [-0.4, -0.2) is 39.5 Å². The summed E-state index contributed by atoms with van der Waals surface area (Å²) in [5.74, 6) is 0.767. The second-order valence-electron chi connectivity index (χ2n) is 7.76. The zero-order valence-corrected chi connectivity index (χ0v) is 17.4. The lowest BCUT2D eigenvalue weighted by molar-refractivity contribution is -0.118. The molecule has 2 aromatic carbocycles. The number of carbonyl (C=O) groups is 3. The number of aromatic hydroxyl groups is 1. The van der Waals surface area contributed by atoms with Crippen LogP contribution in [0.15, 0.2) is 36.4 Å². The molecule has 2 unspecified atom stereocenters. The van der Waals surface area contributed by atoms with E-state index in [9.17, 15) is 19.5 Å². The Kier molecular flexibility index (Phi) is 5.19. The van der Waals surface area contributed by atoms with Crippen LogP contribution in [0.4, 0.5) is 4.79 Å². The summed E-state index contributed by atoms with van der Waals surface area (Å²) in [6.07, 6.45) is 0.627. The van der Waals surface area contributed by atoms with Gasteiger partial charge >= 0.3 is 0 Å². The van der Waals surface area contributed by atoms with Crippen molar-refractivity contribution in [3.8, 4) is 17.2 Å². The normalized spacial score (nSPS) is 23.0. The van der Waals surface area contributed by atoms with Crippen LogP contribution in [0.1, 0.15) is 34.8 Å². The molecule has 2 aliphatic heterocycles. The molecule has 2 aliphatic rings. The Bertz CT molecular complexity index is 1030. The molecule has 0 radical (unpaired) electrons. The number of hydrogen-bond donors (Lipinski definition) is 2. The van der Waals surface area contributed by atoms with Gasteiger partial charge < -0.3 is 14.6 Å². The maximum atomic E-state index is 12.6. The third-order valence-corrected chi connectivity index (χ3v) is 6.20. The van der Waals surface area contributed by atoms with E-state index < -0.39 is 10.9 Å². The molecule has 0 bridgehead atoms. The maximum Gasteiger partial charge on any atom is 0.286 e. The van der Waals surface area contributed by atoms with Crippen molar-refractivity contribution >= 4 is 28.7 Å². The predicted octanol–water partition coefficient (Wildman–Crippen LogP) is 3.40. The number of ether oxygens (including phenoxy) is 2. The smallest absolute Gasteiger partial charge is 0.286 e. The molecule has 2 heterocycles. The molecule has 1 saturated heterocycles. The zero-order chi connectivity index (χ0) is 21.5. The van der Waals surface area contributed by atoms with Gasteiger partial charge in [0.05, 0.1) is 17.2 Å². The minimum absolute atomic E-state index is 0.0531. The van der Waals surface area contributed by atoms with Gasteiger partial charge in [0.1, 0.15) is 29.5 Å². The van der Waals surface area contributed by atoms with E-state index in [2.05, 4.69) is 5.32 Å². The lowest BCUT2D eigenvalue weighted by atomic mass is 9.90. The van der Waals surface area contributed by atoms with E-state index in [1.54, 1.807) is 32.0 Å². The van der Waals surface area contributed by atoms with Crippen molar-refractivity contribution in [3.63, 3.8) is 0 Å². The van der Waals surface area contributed by atoms with Crippen LogP contribution in [0.3, 0.4) is 0 Å². The molecule has 2 atom stereocenters. The number of phenols is 1. The average Bonchev–Trinajstić information content (AvgIpc) is 3.01. The summed E-state index contributed by atoms with van der Waals surface area (Å²) in [4.78, 5) is 35.5. The first kappa shape index (κ1) is 20.3. The second-order valence-corrected chi connectivity index (χ2v) is 8.93. The van der Waals surface area contributed by atoms with Gasteiger partial charge in [-0.05, 0) is 50.1 Å². The number of amides is 2. The molecule has 7 nitrogen and oxygen atoms in total. The first-order chi connectivity index (χ1) is 14.2. The van der Waals surface area contributed by atoms with Crippen molar-refractivity contribution in [2.75, 3.05) is 6.61 Å². The summed E-state index contributed by atoms with van der Waals surface area (Å²) in [7, 11) is 0. The molecule has 2 aromatic rings. The minimum atomic E-state index is -0.861. The fourth-order valence-electron chi connectivity index (χ4n) is 3.53. The van der Waals surface area contributed by atoms with Crippen LogP contribution in [0, 0.1) is 6.92 Å². The SMILES string of the molecule is Cc1c(O)ccc2c1OC(C)(COc1ccc(CC3SC(=O)NC3=O)cc1)CC2=O. The molecule has 0 spiro atoms. The highest BCUT2D eigenvalue weighted by atomic mass is 32.2. The summed E-state index contributed by atoms with van der Waals surface area (Å²) in [5, 5.41) is 11.5. The van der Waals surface area contributed by atoms with Gasteiger partial charge in [-0.3, -0.25) is 19.7 Å². The molecule has 8 heteroatoms. The summed E-state index contributed by atoms with van der Waals surface area (Å²) in [6.45, 7) is 3.67. The van der Waals surface area contributed by atoms with Crippen LogP contribution in [0.2, 0.25) is 0 Å². The monoisotopic (exact) mass is 427 g/mol. The fourth-order valence-corrected chi connectivity index (χ4v) is 4.39. The predicted molar refractivity (Wildman–Crippen MR) is 111 cm³/mol. The highest BCUT2D eigenvalue weighted by Gasteiger charge is 2.38. The summed E-state index contributed by atoms with van der Waals surface area (Å²) in [5.41, 5.74) is 1.06. The topological polar surface area (TPSA) is 102 Å². The molecule has 2 amide bonds. The van der Waals surface area contributed by atoms with Crippen LogP contribution in [0.5, 0.6) is 17.2 Å². The Balaban J connectivity index is 1.41. The second kappa shape index (κ2) is 7.68. The largest absolute Gasteiger partial charge is 0.508 e. The van der Waals surface area contributed by atoms with Crippen molar-refractivity contribution in [3.05, 3.63) is 53.1 Å². The maximum absolute atomic E-state index is 12.6. The molecule has 2 N–H and O–H groups in total. The minimum Gasteiger partial charge on any atom is -0.508 e. The van der Waals surface area contributed by atoms with Crippen LogP contribution < -0.4 is 14.8 Å². The summed E-state index contributed by atoms with van der Waals surface area (Å²) >= 11 is 1.00. The molecule has 0 aromatic heterocycles. The molecule has 4 rings (SSSR count). The lowest BCUT2D eigenvalue weighted by Crippen LogP contribution is -2.44. The van der Waals surface area contributed by atoms with E-state index in [1.165, 1.54) is 6.07 Å². The molecular weight excluding hydrogens is 406 g/mol. The van der Waals surface area contributed by atoms with Gasteiger partial charge in [0.15, 0.2) is 5.78 Å². The van der Waals surface area contributed by atoms with Gasteiger partial charge in [-0.1, -0.05) is 23.9 Å². The van der Waals surface area contributed by atoms with E-state index in [0.717, 1.165) is 17.3 Å². The molecule has 30 heavy (non-hydrogen) atoms. The molecule has 1 fully saturated rings. The Hall–Kier alpha value is -3.00. The number of hydrogen-bond acceptors (Lipinski definition) is 7. The average molecular weight is 427 g/mol. The lowest BCUT2D eigenvalue weighted by Gasteiger charge is -2.35. The number of benzene rings is 2. The summed E-state index contributed by atoms with van der Waals surface area (Å²) in [6, 6.07) is 10.3. The number of carbonyl (C=O) groups excluding carboxylic acids is 3. The third kappa shape index (κ3) is 4.00. The van der Waals surface area contributed by atoms with Crippen LogP contribution >= 0.6 is 11.8 Å². The number of ketones is 1. The zero-order valence-electron chi connectivity index (χ0n) is 16.6. The third-order valence-electron chi connectivity index (χ3n) is 5.22. The van der Waals surface area contributed by atoms with Crippen molar-refractivity contribution in [1.82, 2.24) is 5.32 Å². The van der Waals surface area contributed by atoms with E-state index >= 15 is 0 Å². The van der Waals surface area contributed by atoms with Crippen molar-refractivity contribution < 1.29 is 29.0 Å². The molecule has 0 aliphatic carbocycles. The van der Waals surface area contributed by atoms with E-state index in [0.29, 0.717) is 29.0 Å². The Morgan fingerprint density at radius 1 is 1.20 bits per heavy atom. The van der Waals surface area contributed by atoms with Crippen LogP contribution in [0.25, 0.3) is 0 Å². The number of nitrogens with one attached hydrogen (secondary N) is 1. The number of imide groups is 1. The van der Waals surface area contributed by atoms with Gasteiger partial charge in [0.2, 0.25) is 5.91 Å². The first-order valence-corrected chi connectivity index (χ1v) is 10.4. The first-order valence-electron chi connectivity index (χ1n) is 9.52. The fraction of sp³-hybridized carbons (Fsp3) is 0.318. The standard InChI is InChI=1S/C22H21NO6S/c1-12-16(24)8-7-15-17(25)10-22(2,29-19(12)15)11-28-14-5-3-13(4-6-14)9-18-20(26)23-21(27)30-18/h3-8,18,24H,9-11H2,1-2H3,(H,23,26,27). The van der Waals surface area contributed by atoms with Crippen LogP contribution in [-0.2, 0) is 11.2 Å². The van der Waals surface area contributed by atoms with E-state index in [-0.39, 0.29) is 35.7 Å². The van der Waals surface area contributed by atoms with E-state index in [4.69, 9.17) is 9.47 Å². The Labute approximate surface area is 177 Å².